The van der Waals surface area contributed by atoms with Gasteiger partial charge in [0.15, 0.2) is 0 Å². The Morgan fingerprint density at radius 3 is 2.78 bits per heavy atom. The van der Waals surface area contributed by atoms with Crippen LogP contribution in [0.3, 0.4) is 0 Å². The lowest BCUT2D eigenvalue weighted by atomic mass is 10.1. The number of rotatable bonds is 2. The van der Waals surface area contributed by atoms with Crippen LogP contribution >= 0.6 is 11.3 Å². The molecule has 0 aliphatic carbocycles. The maximum atomic E-state index is 13.9. The predicted octanol–water partition coefficient (Wildman–Crippen LogP) is 4.56. The molecule has 3 nitrogen and oxygen atoms in total. The predicted molar refractivity (Wildman–Crippen MR) is 86.9 cm³/mol. The van der Waals surface area contributed by atoms with Crippen molar-refractivity contribution in [1.29, 1.82) is 0 Å². The van der Waals surface area contributed by atoms with Crippen LogP contribution in [0.25, 0.3) is 21.8 Å². The van der Waals surface area contributed by atoms with E-state index in [0.717, 1.165) is 23.5 Å². The summed E-state index contributed by atoms with van der Waals surface area (Å²) in [5, 5.41) is 5.39. The van der Waals surface area contributed by atoms with Crippen molar-refractivity contribution in [2.75, 3.05) is 18.5 Å². The third kappa shape index (κ3) is 2.55. The second-order valence-electron chi connectivity index (χ2n) is 5.12. The number of ether oxygens (including phenoxy) is 1. The first-order chi connectivity index (χ1) is 11.2. The highest BCUT2D eigenvalue weighted by atomic mass is 32.1. The van der Waals surface area contributed by atoms with Crippen molar-refractivity contribution in [3.05, 3.63) is 53.4 Å². The van der Waals surface area contributed by atoms with Crippen molar-refractivity contribution in [2.24, 2.45) is 0 Å². The standard InChI is InChI=1S/C17H12F2N2OS/c18-11-2-1-3-12(19)16(11)17-21-14(9-23-17)10-4-5-15-13(8-10)20-6-7-22-15/h1-5,8-9,20H,6-7H2. The van der Waals surface area contributed by atoms with E-state index in [4.69, 9.17) is 4.74 Å². The van der Waals surface area contributed by atoms with E-state index in [-0.39, 0.29) is 5.56 Å². The Bertz CT molecular complexity index is 859. The van der Waals surface area contributed by atoms with Crippen molar-refractivity contribution < 1.29 is 13.5 Å². The molecule has 0 radical (unpaired) electrons. The summed E-state index contributed by atoms with van der Waals surface area (Å²) in [5.41, 5.74) is 2.38. The van der Waals surface area contributed by atoms with E-state index in [1.807, 2.05) is 18.2 Å². The number of hydrogen-bond donors (Lipinski definition) is 1. The molecule has 1 aliphatic heterocycles. The van der Waals surface area contributed by atoms with Gasteiger partial charge in [0.1, 0.15) is 29.0 Å². The highest BCUT2D eigenvalue weighted by Crippen LogP contribution is 2.35. The van der Waals surface area contributed by atoms with Crippen LogP contribution < -0.4 is 10.1 Å². The van der Waals surface area contributed by atoms with Gasteiger partial charge in [0.05, 0.1) is 16.9 Å². The Morgan fingerprint density at radius 2 is 1.96 bits per heavy atom. The summed E-state index contributed by atoms with van der Waals surface area (Å²) in [6.07, 6.45) is 0. The lowest BCUT2D eigenvalue weighted by Gasteiger charge is -2.19. The Balaban J connectivity index is 1.74. The molecular weight excluding hydrogens is 318 g/mol. The van der Waals surface area contributed by atoms with Gasteiger partial charge in [-0.05, 0) is 30.3 Å². The lowest BCUT2D eigenvalue weighted by Crippen LogP contribution is -2.17. The van der Waals surface area contributed by atoms with Crippen LogP contribution in [0.1, 0.15) is 0 Å². The summed E-state index contributed by atoms with van der Waals surface area (Å²) >= 11 is 1.22. The molecule has 6 heteroatoms. The van der Waals surface area contributed by atoms with E-state index in [0.29, 0.717) is 17.3 Å². The van der Waals surface area contributed by atoms with Crippen LogP contribution in [0.15, 0.2) is 41.8 Å². The molecule has 3 aromatic rings. The topological polar surface area (TPSA) is 34.2 Å². The zero-order valence-electron chi connectivity index (χ0n) is 12.0. The number of hydrogen-bond acceptors (Lipinski definition) is 4. The van der Waals surface area contributed by atoms with Crippen LogP contribution in [0.2, 0.25) is 0 Å². The van der Waals surface area contributed by atoms with Gasteiger partial charge < -0.3 is 10.1 Å². The number of nitrogens with one attached hydrogen (secondary N) is 1. The molecule has 1 aromatic heterocycles. The molecule has 0 saturated heterocycles. The molecule has 2 heterocycles. The fraction of sp³-hybridized carbons (Fsp3) is 0.118. The minimum Gasteiger partial charge on any atom is -0.490 e. The van der Waals surface area contributed by atoms with Gasteiger partial charge in [-0.15, -0.1) is 11.3 Å². The number of thiazole rings is 1. The van der Waals surface area contributed by atoms with Crippen molar-refractivity contribution >= 4 is 17.0 Å². The molecule has 0 atom stereocenters. The van der Waals surface area contributed by atoms with Crippen molar-refractivity contribution in [3.8, 4) is 27.6 Å². The van der Waals surface area contributed by atoms with Gasteiger partial charge in [0.2, 0.25) is 0 Å². The van der Waals surface area contributed by atoms with Gasteiger partial charge >= 0.3 is 0 Å². The lowest BCUT2D eigenvalue weighted by molar-refractivity contribution is 0.323. The van der Waals surface area contributed by atoms with E-state index in [9.17, 15) is 8.78 Å². The molecular formula is C17H12F2N2OS. The average Bonchev–Trinajstić information content (AvgIpc) is 3.04. The summed E-state index contributed by atoms with van der Waals surface area (Å²) in [5.74, 6) is -0.409. The first-order valence-corrected chi connectivity index (χ1v) is 8.01. The van der Waals surface area contributed by atoms with E-state index >= 15 is 0 Å². The monoisotopic (exact) mass is 330 g/mol. The quantitative estimate of drug-likeness (QED) is 0.748. The molecule has 0 bridgehead atoms. The minimum atomic E-state index is -0.605. The largest absolute Gasteiger partial charge is 0.490 e. The number of benzene rings is 2. The maximum Gasteiger partial charge on any atom is 0.142 e. The number of aromatic nitrogens is 1. The number of anilines is 1. The first kappa shape index (κ1) is 14.1. The summed E-state index contributed by atoms with van der Waals surface area (Å²) in [4.78, 5) is 4.39. The molecule has 0 saturated carbocycles. The van der Waals surface area contributed by atoms with E-state index in [1.165, 1.54) is 29.5 Å². The third-order valence-corrected chi connectivity index (χ3v) is 4.49. The van der Waals surface area contributed by atoms with Crippen molar-refractivity contribution in [2.45, 2.75) is 0 Å². The summed E-state index contributed by atoms with van der Waals surface area (Å²) in [6, 6.07) is 9.52. The maximum absolute atomic E-state index is 13.9. The van der Waals surface area contributed by atoms with Crippen LogP contribution in [0, 0.1) is 11.6 Å². The fourth-order valence-electron chi connectivity index (χ4n) is 2.52. The minimum absolute atomic E-state index is 0.0804. The second-order valence-corrected chi connectivity index (χ2v) is 5.98. The second kappa shape index (κ2) is 5.62. The Hall–Kier alpha value is -2.47. The first-order valence-electron chi connectivity index (χ1n) is 7.13. The summed E-state index contributed by atoms with van der Waals surface area (Å²) in [6.45, 7) is 1.39. The Kier molecular flexibility index (Phi) is 3.46. The molecule has 1 aliphatic rings. The summed E-state index contributed by atoms with van der Waals surface area (Å²) in [7, 11) is 0. The van der Waals surface area contributed by atoms with Crippen molar-refractivity contribution in [3.63, 3.8) is 0 Å². The van der Waals surface area contributed by atoms with Gasteiger partial charge in [-0.25, -0.2) is 13.8 Å². The molecule has 0 unspecified atom stereocenters. The smallest absolute Gasteiger partial charge is 0.142 e. The van der Waals surface area contributed by atoms with Crippen LogP contribution in [-0.2, 0) is 0 Å². The number of nitrogens with zero attached hydrogens (tertiary/aromatic N) is 1. The fourth-order valence-corrected chi connectivity index (χ4v) is 3.40. The average molecular weight is 330 g/mol. The van der Waals surface area contributed by atoms with Gasteiger partial charge in [0, 0.05) is 17.5 Å². The highest BCUT2D eigenvalue weighted by Gasteiger charge is 2.16. The van der Waals surface area contributed by atoms with Crippen LogP contribution in [-0.4, -0.2) is 18.1 Å². The zero-order valence-corrected chi connectivity index (χ0v) is 12.8. The normalized spacial score (nSPS) is 13.1. The third-order valence-electron chi connectivity index (χ3n) is 3.63. The molecule has 23 heavy (non-hydrogen) atoms. The molecule has 0 spiro atoms. The highest BCUT2D eigenvalue weighted by molar-refractivity contribution is 7.13. The van der Waals surface area contributed by atoms with Gasteiger partial charge in [0.25, 0.3) is 0 Å². The SMILES string of the molecule is Fc1cccc(F)c1-c1nc(-c2ccc3c(c2)NCCO3)cs1. The molecule has 2 aromatic carbocycles. The molecule has 0 amide bonds. The molecule has 0 fully saturated rings. The summed E-state index contributed by atoms with van der Waals surface area (Å²) < 4.78 is 33.3. The van der Waals surface area contributed by atoms with Crippen LogP contribution in [0.5, 0.6) is 5.75 Å². The van der Waals surface area contributed by atoms with E-state index in [2.05, 4.69) is 10.3 Å². The van der Waals surface area contributed by atoms with Crippen LogP contribution in [0.4, 0.5) is 14.5 Å². The van der Waals surface area contributed by atoms with Gasteiger partial charge in [-0.3, -0.25) is 0 Å². The van der Waals surface area contributed by atoms with Crippen molar-refractivity contribution in [1.82, 2.24) is 4.98 Å². The van der Waals surface area contributed by atoms with E-state index in [1.54, 1.807) is 5.38 Å². The molecule has 1 N–H and O–H groups in total. The van der Waals surface area contributed by atoms with Gasteiger partial charge in [-0.2, -0.15) is 0 Å². The van der Waals surface area contributed by atoms with Gasteiger partial charge in [-0.1, -0.05) is 6.07 Å². The molecule has 4 rings (SSSR count). The number of fused-ring (bicyclic) bond motifs is 1. The Labute approximate surface area is 135 Å². The number of halogens is 2. The van der Waals surface area contributed by atoms with E-state index < -0.39 is 11.6 Å². The Morgan fingerprint density at radius 1 is 1.13 bits per heavy atom. The zero-order chi connectivity index (χ0) is 15.8. The molecule has 116 valence electrons.